The summed E-state index contributed by atoms with van der Waals surface area (Å²) in [5.74, 6) is 0.617. The fourth-order valence-corrected chi connectivity index (χ4v) is 4.37. The van der Waals surface area contributed by atoms with Crippen molar-refractivity contribution in [3.63, 3.8) is 0 Å². The molecule has 0 aromatic heterocycles. The molecule has 26 heavy (non-hydrogen) atoms. The van der Waals surface area contributed by atoms with Gasteiger partial charge in [-0.25, -0.2) is 0 Å². The summed E-state index contributed by atoms with van der Waals surface area (Å²) in [5, 5.41) is 14.2. The van der Waals surface area contributed by atoms with Crippen LogP contribution in [0.1, 0.15) is 51.1 Å². The molecular weight excluding hydrogens is 416 g/mol. The van der Waals surface area contributed by atoms with E-state index in [0.29, 0.717) is 28.4 Å². The zero-order chi connectivity index (χ0) is 18.8. The van der Waals surface area contributed by atoms with E-state index < -0.39 is 0 Å². The number of benzene rings is 1. The molecule has 7 heteroatoms. The molecule has 0 radical (unpaired) electrons. The van der Waals surface area contributed by atoms with E-state index in [1.807, 2.05) is 13.0 Å². The Morgan fingerprint density at radius 1 is 1.38 bits per heavy atom. The van der Waals surface area contributed by atoms with Crippen molar-refractivity contribution in [2.75, 3.05) is 13.2 Å². The molecule has 1 unspecified atom stereocenters. The predicted octanol–water partition coefficient (Wildman–Crippen LogP) is 4.20. The van der Waals surface area contributed by atoms with Crippen LogP contribution in [0.25, 0.3) is 0 Å². The zero-order valence-electron chi connectivity index (χ0n) is 15.0. The monoisotopic (exact) mass is 438 g/mol. The summed E-state index contributed by atoms with van der Waals surface area (Å²) >= 11 is 8.98. The number of hydrogen-bond acceptors (Lipinski definition) is 4. The number of hydrogen-bond donors (Lipinski definition) is 2. The van der Waals surface area contributed by atoms with Gasteiger partial charge in [0.15, 0.2) is 22.4 Å². The van der Waals surface area contributed by atoms with Gasteiger partial charge in [0.2, 0.25) is 0 Å². The van der Waals surface area contributed by atoms with Crippen LogP contribution < -0.4 is 10.1 Å². The van der Waals surface area contributed by atoms with Crippen LogP contribution in [0.15, 0.2) is 27.9 Å². The number of thiocarbonyl (C=S) groups is 1. The molecule has 3 rings (SSSR count). The van der Waals surface area contributed by atoms with Gasteiger partial charge in [0.05, 0.1) is 17.1 Å². The maximum absolute atomic E-state index is 12.8. The summed E-state index contributed by atoms with van der Waals surface area (Å²) in [6, 6.07) is 3.28. The number of rotatable bonds is 5. The quantitative estimate of drug-likeness (QED) is 0.671. The zero-order valence-corrected chi connectivity index (χ0v) is 17.4. The molecule has 1 heterocycles. The van der Waals surface area contributed by atoms with Gasteiger partial charge in [0.1, 0.15) is 0 Å². The lowest BCUT2D eigenvalue weighted by Gasteiger charge is -2.41. The number of ketones is 1. The Bertz CT molecular complexity index is 778. The average molecular weight is 439 g/mol. The molecule has 1 aromatic carbocycles. The number of phenolic OH excluding ortho intramolecular Hbond substituents is 1. The molecule has 1 aromatic rings. The molecule has 0 fully saturated rings. The molecule has 2 N–H and O–H groups in total. The van der Waals surface area contributed by atoms with E-state index in [2.05, 4.69) is 33.1 Å². The Balaban J connectivity index is 2.11. The van der Waals surface area contributed by atoms with Crippen LogP contribution in [-0.4, -0.2) is 34.1 Å². The van der Waals surface area contributed by atoms with E-state index in [1.165, 1.54) is 0 Å². The number of Topliss-reactive ketones (excluding diaryl/α,β-unsaturated/α-hetero) is 1. The molecule has 1 aliphatic carbocycles. The number of allylic oxidation sites excluding steroid dienone is 1. The second-order valence-corrected chi connectivity index (χ2v) is 7.69. The van der Waals surface area contributed by atoms with Crippen molar-refractivity contribution < 1.29 is 14.6 Å². The van der Waals surface area contributed by atoms with Crippen LogP contribution in [0.2, 0.25) is 0 Å². The van der Waals surface area contributed by atoms with Gasteiger partial charge in [0.25, 0.3) is 0 Å². The van der Waals surface area contributed by atoms with Crippen molar-refractivity contribution in [2.45, 2.75) is 45.6 Å². The van der Waals surface area contributed by atoms with Crippen molar-refractivity contribution in [1.29, 1.82) is 0 Å². The standard InChI is InChI=1S/C19H23BrN2O3S/c1-3-8-22-13-6-5-7-14(23)16(13)17(21-19(22)26)11-9-12(20)18(24)15(10-11)25-4-2/h9-10,17,24H,3-8H2,1-2H3,(H,21,26). The lowest BCUT2D eigenvalue weighted by atomic mass is 9.84. The van der Waals surface area contributed by atoms with Crippen molar-refractivity contribution in [3.05, 3.63) is 33.4 Å². The molecule has 0 saturated carbocycles. The van der Waals surface area contributed by atoms with E-state index in [4.69, 9.17) is 17.0 Å². The van der Waals surface area contributed by atoms with Gasteiger partial charge in [-0.15, -0.1) is 0 Å². The smallest absolute Gasteiger partial charge is 0.173 e. The third-order valence-electron chi connectivity index (χ3n) is 4.69. The van der Waals surface area contributed by atoms with Gasteiger partial charge < -0.3 is 20.1 Å². The highest BCUT2D eigenvalue weighted by Crippen LogP contribution is 2.42. The molecule has 0 amide bonds. The normalized spacial score (nSPS) is 20.1. The minimum absolute atomic E-state index is 0.0609. The number of phenols is 1. The van der Waals surface area contributed by atoms with Crippen molar-refractivity contribution in [1.82, 2.24) is 10.2 Å². The molecular formula is C19H23BrN2O3S. The van der Waals surface area contributed by atoms with Crippen LogP contribution >= 0.6 is 28.1 Å². The van der Waals surface area contributed by atoms with Crippen molar-refractivity contribution >= 4 is 39.0 Å². The molecule has 1 aliphatic heterocycles. The summed E-state index contributed by atoms with van der Waals surface area (Å²) in [4.78, 5) is 14.8. The third-order valence-corrected chi connectivity index (χ3v) is 5.63. The maximum atomic E-state index is 12.8. The highest BCUT2D eigenvalue weighted by atomic mass is 79.9. The molecule has 140 valence electrons. The second-order valence-electron chi connectivity index (χ2n) is 6.45. The SMILES string of the molecule is CCCN1C(=S)NC(c2cc(Br)c(O)c(OCC)c2)C2=C1CCCC2=O. The first-order chi connectivity index (χ1) is 12.5. The van der Waals surface area contributed by atoms with Crippen molar-refractivity contribution in [2.24, 2.45) is 0 Å². The summed E-state index contributed by atoms with van der Waals surface area (Å²) in [5.41, 5.74) is 2.68. The van der Waals surface area contributed by atoms with E-state index in [0.717, 1.165) is 42.6 Å². The first kappa shape index (κ1) is 19.2. The number of ether oxygens (including phenoxy) is 1. The second kappa shape index (κ2) is 7.96. The molecule has 0 spiro atoms. The van der Waals surface area contributed by atoms with Gasteiger partial charge in [0, 0.05) is 24.2 Å². The molecule has 0 bridgehead atoms. The van der Waals surface area contributed by atoms with Crippen LogP contribution in [0, 0.1) is 0 Å². The average Bonchev–Trinajstić information content (AvgIpc) is 2.61. The molecule has 1 atom stereocenters. The minimum Gasteiger partial charge on any atom is -0.503 e. The Hall–Kier alpha value is -1.60. The minimum atomic E-state index is -0.325. The predicted molar refractivity (Wildman–Crippen MR) is 108 cm³/mol. The lowest BCUT2D eigenvalue weighted by molar-refractivity contribution is -0.116. The highest BCUT2D eigenvalue weighted by Gasteiger charge is 2.37. The number of nitrogens with one attached hydrogen (secondary N) is 1. The topological polar surface area (TPSA) is 61.8 Å². The first-order valence-electron chi connectivity index (χ1n) is 8.97. The Kier molecular flexibility index (Phi) is 5.87. The maximum Gasteiger partial charge on any atom is 0.173 e. The van der Waals surface area contributed by atoms with E-state index in [9.17, 15) is 9.90 Å². The fourth-order valence-electron chi connectivity index (χ4n) is 3.59. The van der Waals surface area contributed by atoms with Crippen LogP contribution in [0.3, 0.4) is 0 Å². The Morgan fingerprint density at radius 2 is 2.15 bits per heavy atom. The number of carbonyl (C=O) groups is 1. The van der Waals surface area contributed by atoms with Crippen LogP contribution in [0.4, 0.5) is 0 Å². The third kappa shape index (κ3) is 3.47. The Morgan fingerprint density at radius 3 is 2.85 bits per heavy atom. The molecule has 5 nitrogen and oxygen atoms in total. The first-order valence-corrected chi connectivity index (χ1v) is 10.2. The van der Waals surface area contributed by atoms with Crippen molar-refractivity contribution in [3.8, 4) is 11.5 Å². The molecule has 0 saturated heterocycles. The van der Waals surface area contributed by atoms with Crippen LogP contribution in [-0.2, 0) is 4.79 Å². The van der Waals surface area contributed by atoms with Gasteiger partial charge in [-0.1, -0.05) is 6.92 Å². The van der Waals surface area contributed by atoms with Gasteiger partial charge in [-0.2, -0.15) is 0 Å². The van der Waals surface area contributed by atoms with Gasteiger partial charge >= 0.3 is 0 Å². The number of carbonyl (C=O) groups excluding carboxylic acids is 1. The largest absolute Gasteiger partial charge is 0.503 e. The van der Waals surface area contributed by atoms with E-state index in [1.54, 1.807) is 6.07 Å². The van der Waals surface area contributed by atoms with Gasteiger partial charge in [-0.3, -0.25) is 4.79 Å². The van der Waals surface area contributed by atoms with E-state index >= 15 is 0 Å². The number of halogens is 1. The fraction of sp³-hybridized carbons (Fsp3) is 0.474. The Labute approximate surface area is 167 Å². The van der Waals surface area contributed by atoms with E-state index in [-0.39, 0.29) is 17.6 Å². The summed E-state index contributed by atoms with van der Waals surface area (Å²) in [7, 11) is 0. The lowest BCUT2D eigenvalue weighted by Crippen LogP contribution is -2.49. The van der Waals surface area contributed by atoms with Crippen LogP contribution in [0.5, 0.6) is 11.5 Å². The number of aromatic hydroxyl groups is 1. The highest BCUT2D eigenvalue weighted by molar-refractivity contribution is 9.10. The summed E-state index contributed by atoms with van der Waals surface area (Å²) in [6.45, 7) is 5.21. The summed E-state index contributed by atoms with van der Waals surface area (Å²) in [6.07, 6.45) is 3.23. The molecule has 2 aliphatic rings. The summed E-state index contributed by atoms with van der Waals surface area (Å²) < 4.78 is 6.08. The number of nitrogens with zero attached hydrogens (tertiary/aromatic N) is 1. The van der Waals surface area contributed by atoms with Gasteiger partial charge in [-0.05, 0) is 72.0 Å².